The van der Waals surface area contributed by atoms with Gasteiger partial charge in [-0.1, -0.05) is 0 Å². The molecule has 0 spiro atoms. The fourth-order valence-electron chi connectivity index (χ4n) is 4.07. The summed E-state index contributed by atoms with van der Waals surface area (Å²) in [5.74, 6) is 1.35. The van der Waals surface area contributed by atoms with E-state index < -0.39 is 0 Å². The van der Waals surface area contributed by atoms with Gasteiger partial charge in [-0.2, -0.15) is 0 Å². The Hall–Kier alpha value is -3.30. The molecule has 0 radical (unpaired) electrons. The lowest BCUT2D eigenvalue weighted by molar-refractivity contribution is 0.0313. The van der Waals surface area contributed by atoms with Crippen molar-refractivity contribution in [3.63, 3.8) is 0 Å². The number of hydrogen-bond donors (Lipinski definition) is 1. The Morgan fingerprint density at radius 2 is 2.09 bits per heavy atom. The maximum atomic E-state index is 12.7. The number of carbonyl (C=O) groups is 1. The Balaban J connectivity index is 1.17. The fraction of sp³-hybridized carbons (Fsp3) is 0.391. The normalized spacial score (nSPS) is 19.2. The highest BCUT2D eigenvalue weighted by atomic mass is 16.5. The van der Waals surface area contributed by atoms with E-state index in [1.54, 1.807) is 18.6 Å². The Morgan fingerprint density at radius 1 is 1.19 bits per heavy atom. The van der Waals surface area contributed by atoms with Crippen LogP contribution in [0.15, 0.2) is 53.5 Å². The number of rotatable bonds is 6. The standard InChI is InChI=1S/C23H26N6O3/c30-22(18-12-20(32-16-18)15-28-8-10-31-11-9-28)26-19-4-7-29(14-19)23-25-6-3-21(27-23)17-2-1-5-24-13-17/h1-3,5-6,12-13,16,19H,4,7-11,14-15H2,(H,26,30). The topological polar surface area (TPSA) is 96.6 Å². The van der Waals surface area contributed by atoms with Gasteiger partial charge in [0.05, 0.1) is 31.0 Å². The second-order valence-electron chi connectivity index (χ2n) is 8.08. The largest absolute Gasteiger partial charge is 0.467 e. The van der Waals surface area contributed by atoms with E-state index in [-0.39, 0.29) is 11.9 Å². The lowest BCUT2D eigenvalue weighted by Crippen LogP contribution is -2.37. The molecule has 1 N–H and O–H groups in total. The van der Waals surface area contributed by atoms with Crippen LogP contribution in [0.2, 0.25) is 0 Å². The van der Waals surface area contributed by atoms with Crippen molar-refractivity contribution in [3.05, 3.63) is 60.4 Å². The summed E-state index contributed by atoms with van der Waals surface area (Å²) in [5.41, 5.74) is 2.34. The van der Waals surface area contributed by atoms with Crippen molar-refractivity contribution < 1.29 is 13.9 Å². The molecule has 3 aromatic heterocycles. The minimum atomic E-state index is -0.112. The predicted molar refractivity (Wildman–Crippen MR) is 118 cm³/mol. The van der Waals surface area contributed by atoms with Gasteiger partial charge in [0.2, 0.25) is 5.95 Å². The number of carbonyl (C=O) groups excluding carboxylic acids is 1. The summed E-state index contributed by atoms with van der Waals surface area (Å²) >= 11 is 0. The number of pyridine rings is 1. The SMILES string of the molecule is O=C(NC1CCN(c2nccc(-c3cccnc3)n2)C1)c1coc(CN2CCOCC2)c1. The van der Waals surface area contributed by atoms with Gasteiger partial charge < -0.3 is 19.4 Å². The lowest BCUT2D eigenvalue weighted by Gasteiger charge is -2.25. The maximum Gasteiger partial charge on any atom is 0.254 e. The van der Waals surface area contributed by atoms with Gasteiger partial charge in [-0.05, 0) is 30.7 Å². The Kier molecular flexibility index (Phi) is 6.09. The molecular weight excluding hydrogens is 408 g/mol. The highest BCUT2D eigenvalue weighted by molar-refractivity contribution is 5.94. The number of furan rings is 1. The third-order valence-corrected chi connectivity index (χ3v) is 5.81. The van der Waals surface area contributed by atoms with Gasteiger partial charge in [-0.3, -0.25) is 14.7 Å². The van der Waals surface area contributed by atoms with E-state index in [9.17, 15) is 4.79 Å². The number of nitrogens with one attached hydrogen (secondary N) is 1. The second-order valence-corrected chi connectivity index (χ2v) is 8.08. The van der Waals surface area contributed by atoms with Crippen LogP contribution in [0.4, 0.5) is 5.95 Å². The summed E-state index contributed by atoms with van der Waals surface area (Å²) in [4.78, 5) is 30.4. The molecule has 2 fully saturated rings. The zero-order valence-corrected chi connectivity index (χ0v) is 17.8. The molecule has 0 saturated carbocycles. The van der Waals surface area contributed by atoms with Gasteiger partial charge in [0.25, 0.3) is 5.91 Å². The molecule has 1 amide bonds. The second kappa shape index (κ2) is 9.46. The van der Waals surface area contributed by atoms with Gasteiger partial charge in [0, 0.05) is 56.4 Å². The molecule has 0 bridgehead atoms. The monoisotopic (exact) mass is 434 g/mol. The van der Waals surface area contributed by atoms with Crippen molar-refractivity contribution in [2.75, 3.05) is 44.3 Å². The van der Waals surface area contributed by atoms with E-state index >= 15 is 0 Å². The zero-order chi connectivity index (χ0) is 21.8. The van der Waals surface area contributed by atoms with Gasteiger partial charge in [0.15, 0.2) is 0 Å². The molecule has 9 heteroatoms. The van der Waals surface area contributed by atoms with Crippen LogP contribution in [-0.2, 0) is 11.3 Å². The summed E-state index contributed by atoms with van der Waals surface area (Å²) in [6, 6.07) is 7.61. The molecule has 0 aliphatic carbocycles. The van der Waals surface area contributed by atoms with Crippen molar-refractivity contribution in [1.29, 1.82) is 0 Å². The molecule has 166 valence electrons. The first kappa shape index (κ1) is 20.6. The summed E-state index contributed by atoms with van der Waals surface area (Å²) < 4.78 is 11.0. The first-order valence-electron chi connectivity index (χ1n) is 10.9. The zero-order valence-electron chi connectivity index (χ0n) is 17.8. The summed E-state index contributed by atoms with van der Waals surface area (Å²) in [6.07, 6.45) is 7.67. The van der Waals surface area contributed by atoms with Crippen LogP contribution in [0, 0.1) is 0 Å². The van der Waals surface area contributed by atoms with Crippen LogP contribution in [0.1, 0.15) is 22.5 Å². The van der Waals surface area contributed by atoms with Crippen LogP contribution in [0.25, 0.3) is 11.3 Å². The quantitative estimate of drug-likeness (QED) is 0.629. The van der Waals surface area contributed by atoms with Crippen molar-refractivity contribution >= 4 is 11.9 Å². The maximum absolute atomic E-state index is 12.7. The Morgan fingerprint density at radius 3 is 2.94 bits per heavy atom. The average molecular weight is 435 g/mol. The molecule has 5 heterocycles. The van der Waals surface area contributed by atoms with E-state index in [0.717, 1.165) is 56.3 Å². The molecule has 3 aromatic rings. The van der Waals surface area contributed by atoms with Crippen molar-refractivity contribution in [2.24, 2.45) is 0 Å². The minimum absolute atomic E-state index is 0.0331. The van der Waals surface area contributed by atoms with E-state index in [2.05, 4.69) is 30.1 Å². The predicted octanol–water partition coefficient (Wildman–Crippen LogP) is 1.97. The van der Waals surface area contributed by atoms with E-state index in [4.69, 9.17) is 9.15 Å². The number of anilines is 1. The third-order valence-electron chi connectivity index (χ3n) is 5.81. The van der Waals surface area contributed by atoms with Crippen molar-refractivity contribution in [2.45, 2.75) is 19.0 Å². The molecule has 1 unspecified atom stereocenters. The van der Waals surface area contributed by atoms with Gasteiger partial charge in [0.1, 0.15) is 12.0 Å². The number of nitrogens with zero attached hydrogens (tertiary/aromatic N) is 5. The third kappa shape index (κ3) is 4.79. The molecule has 9 nitrogen and oxygen atoms in total. The van der Waals surface area contributed by atoms with Crippen LogP contribution in [-0.4, -0.2) is 71.2 Å². The van der Waals surface area contributed by atoms with Crippen LogP contribution < -0.4 is 10.2 Å². The first-order chi connectivity index (χ1) is 15.7. The summed E-state index contributed by atoms with van der Waals surface area (Å²) in [7, 11) is 0. The van der Waals surface area contributed by atoms with Crippen LogP contribution in [0.5, 0.6) is 0 Å². The molecular formula is C23H26N6O3. The Bertz CT molecular complexity index is 1050. The highest BCUT2D eigenvalue weighted by Gasteiger charge is 2.27. The van der Waals surface area contributed by atoms with Crippen LogP contribution >= 0.6 is 0 Å². The molecule has 1 atom stereocenters. The van der Waals surface area contributed by atoms with Crippen LogP contribution in [0.3, 0.4) is 0 Å². The molecule has 0 aromatic carbocycles. The molecule has 5 rings (SSSR count). The highest BCUT2D eigenvalue weighted by Crippen LogP contribution is 2.21. The minimum Gasteiger partial charge on any atom is -0.467 e. The fourth-order valence-corrected chi connectivity index (χ4v) is 4.07. The molecule has 2 saturated heterocycles. The summed E-state index contributed by atoms with van der Waals surface area (Å²) in [6.45, 7) is 5.38. The summed E-state index contributed by atoms with van der Waals surface area (Å²) in [5, 5.41) is 3.12. The number of morpholine rings is 1. The smallest absolute Gasteiger partial charge is 0.254 e. The molecule has 32 heavy (non-hydrogen) atoms. The van der Waals surface area contributed by atoms with Crippen molar-refractivity contribution in [1.82, 2.24) is 25.2 Å². The van der Waals surface area contributed by atoms with Crippen molar-refractivity contribution in [3.8, 4) is 11.3 Å². The van der Waals surface area contributed by atoms with Gasteiger partial charge in [-0.25, -0.2) is 9.97 Å². The number of amides is 1. The lowest BCUT2D eigenvalue weighted by atomic mass is 10.2. The first-order valence-corrected chi connectivity index (χ1v) is 10.9. The Labute approximate surface area is 186 Å². The molecule has 2 aliphatic heterocycles. The van der Waals surface area contributed by atoms with Gasteiger partial charge in [-0.15, -0.1) is 0 Å². The average Bonchev–Trinajstić information content (AvgIpc) is 3.50. The number of aromatic nitrogens is 3. The van der Waals surface area contributed by atoms with E-state index in [1.165, 1.54) is 6.26 Å². The van der Waals surface area contributed by atoms with E-state index in [1.807, 2.05) is 24.3 Å². The van der Waals surface area contributed by atoms with Gasteiger partial charge >= 0.3 is 0 Å². The number of ether oxygens (including phenoxy) is 1. The number of hydrogen-bond acceptors (Lipinski definition) is 8. The van der Waals surface area contributed by atoms with E-state index in [0.29, 0.717) is 24.6 Å². The molecule has 2 aliphatic rings.